The van der Waals surface area contributed by atoms with Crippen molar-refractivity contribution in [3.8, 4) is 0 Å². The van der Waals surface area contributed by atoms with E-state index in [1.54, 1.807) is 58.8 Å². The van der Waals surface area contributed by atoms with Crippen LogP contribution in [0.25, 0.3) is 0 Å². The van der Waals surface area contributed by atoms with E-state index in [0.29, 0.717) is 23.2 Å². The molecule has 0 saturated heterocycles. The number of thioether (sulfide) groups is 13. The molecule has 0 fully saturated rings. The maximum Gasteiger partial charge on any atom is 0.316 e. The summed E-state index contributed by atoms with van der Waals surface area (Å²) in [6.07, 6.45) is 0. The highest BCUT2D eigenvalue weighted by Gasteiger charge is 2.07. The van der Waals surface area contributed by atoms with Crippen LogP contribution in [0, 0.1) is 0 Å². The van der Waals surface area contributed by atoms with E-state index in [-0.39, 0.29) is 37.5 Å². The number of hydrogen-bond acceptors (Lipinski definition) is 21. The van der Waals surface area contributed by atoms with Gasteiger partial charge in [0.1, 0.15) is 19.0 Å². The maximum absolute atomic E-state index is 12.2. The van der Waals surface area contributed by atoms with Gasteiger partial charge in [0.2, 0.25) is 0 Å². The molecule has 0 spiro atoms. The third-order valence-corrected chi connectivity index (χ3v) is 22.1. The molecule has 0 heterocycles. The molecule has 0 aromatic rings. The number of esters is 1. The van der Waals surface area contributed by atoms with Gasteiger partial charge in [-0.15, -0.1) is 129 Å². The summed E-state index contributed by atoms with van der Waals surface area (Å²) >= 11 is 22.1. The topological polar surface area (TPSA) is 125 Å². The van der Waals surface area contributed by atoms with Gasteiger partial charge in [-0.25, -0.2) is 9.78 Å². The number of rotatable bonds is 37. The molecule has 45 heavy (non-hydrogen) atoms. The van der Waals surface area contributed by atoms with Crippen LogP contribution in [0.4, 0.5) is 0 Å². The second kappa shape index (κ2) is 42.3. The average Bonchev–Trinajstić information content (AvgIpc) is 3.03. The minimum Gasteiger partial charge on any atom is -0.616 e. The van der Waals surface area contributed by atoms with Crippen LogP contribution in [0.15, 0.2) is 0 Å². The van der Waals surface area contributed by atoms with Crippen LogP contribution in [0.1, 0.15) is 0 Å². The molecule has 0 saturated carbocycles. The summed E-state index contributed by atoms with van der Waals surface area (Å²) in [4.78, 5) is 33.0. The van der Waals surface area contributed by atoms with Crippen molar-refractivity contribution in [2.45, 2.75) is 0 Å². The van der Waals surface area contributed by atoms with Crippen molar-refractivity contribution in [3.05, 3.63) is 0 Å². The van der Waals surface area contributed by atoms with Gasteiger partial charge < -0.3 is 19.5 Å². The van der Waals surface area contributed by atoms with Crippen LogP contribution >= 0.6 is 153 Å². The number of hydrogen-bond donors (Lipinski definition) is 2. The van der Waals surface area contributed by atoms with E-state index in [2.05, 4.69) is 0 Å². The molecule has 0 rings (SSSR count). The SMILES string of the molecule is O=C(CSCSCSCSCC[S+]([O-])CSCSCSCSCSC(=O)CSCSCSCSCCOOCCO)OCCO. The van der Waals surface area contributed by atoms with Crippen LogP contribution < -0.4 is 0 Å². The smallest absolute Gasteiger partial charge is 0.316 e. The Bertz CT molecular complexity index is 651. The molecule has 22 heteroatoms. The largest absolute Gasteiger partial charge is 0.616 e. The van der Waals surface area contributed by atoms with Crippen molar-refractivity contribution in [2.75, 3.05) is 118 Å². The van der Waals surface area contributed by atoms with Crippen molar-refractivity contribution < 1.29 is 38.9 Å². The van der Waals surface area contributed by atoms with Crippen molar-refractivity contribution in [1.29, 1.82) is 0 Å². The van der Waals surface area contributed by atoms with Crippen LogP contribution in [0.5, 0.6) is 0 Å². The summed E-state index contributed by atoms with van der Waals surface area (Å²) in [5.74, 6) is 3.12. The summed E-state index contributed by atoms with van der Waals surface area (Å²) in [5, 5.41) is 27.6. The fourth-order valence-electron chi connectivity index (χ4n) is 2.07. The van der Waals surface area contributed by atoms with E-state index in [4.69, 9.17) is 24.7 Å². The van der Waals surface area contributed by atoms with E-state index in [0.717, 1.165) is 68.1 Å². The van der Waals surface area contributed by atoms with Crippen molar-refractivity contribution >= 4 is 175 Å². The normalized spacial score (nSPS) is 12.1. The number of carbonyl (C=O) groups is 2. The van der Waals surface area contributed by atoms with Gasteiger partial charge in [-0.05, 0) is 11.2 Å². The minimum atomic E-state index is -0.775. The molecule has 0 amide bonds. The predicted molar refractivity (Wildman–Crippen MR) is 227 cm³/mol. The zero-order chi connectivity index (χ0) is 32.9. The molecule has 1 atom stereocenters. The number of aliphatic hydroxyl groups excluding tert-OH is 2. The highest BCUT2D eigenvalue weighted by atomic mass is 32.3. The summed E-state index contributed by atoms with van der Waals surface area (Å²) in [6.45, 7) is 0.633. The molecule has 0 aromatic heterocycles. The number of carbonyl (C=O) groups excluding carboxylic acids is 2. The van der Waals surface area contributed by atoms with Crippen LogP contribution in [-0.4, -0.2) is 144 Å². The second-order valence-corrected chi connectivity index (χ2v) is 26.1. The Morgan fingerprint density at radius 2 is 1.04 bits per heavy atom. The van der Waals surface area contributed by atoms with E-state index in [9.17, 15) is 14.1 Å². The summed E-state index contributed by atoms with van der Waals surface area (Å²) < 4.78 is 17.0. The summed E-state index contributed by atoms with van der Waals surface area (Å²) in [6, 6.07) is 0. The molecular formula is C23H44O8S14. The maximum atomic E-state index is 12.2. The lowest BCUT2D eigenvalue weighted by Gasteiger charge is -2.10. The number of aliphatic hydroxyl groups is 2. The lowest BCUT2D eigenvalue weighted by atomic mass is 10.7. The van der Waals surface area contributed by atoms with E-state index >= 15 is 0 Å². The third-order valence-electron chi connectivity index (χ3n) is 3.84. The Kier molecular flexibility index (Phi) is 45.9. The standard InChI is InChI=1S/C23H44O8S14/c24-1-3-29-22(26)9-34-13-38-16-37-12-33-7-8-45(28)21-43-19-41-17-40-18-42-20-44-23(27)10-35-14-39-15-36-11-32-6-5-31-30-4-2-25/h24-25H,1-21H2. The molecule has 268 valence electrons. The summed E-state index contributed by atoms with van der Waals surface area (Å²) in [5.41, 5.74) is 0. The molecule has 0 radical (unpaired) electrons. The summed E-state index contributed by atoms with van der Waals surface area (Å²) in [7, 11) is 0. The van der Waals surface area contributed by atoms with Gasteiger partial charge in [0.15, 0.2) is 10.2 Å². The van der Waals surface area contributed by atoms with Crippen LogP contribution in [-0.2, 0) is 35.3 Å². The highest BCUT2D eigenvalue weighted by Crippen LogP contribution is 2.26. The fourth-order valence-corrected chi connectivity index (χ4v) is 19.5. The first-order valence-electron chi connectivity index (χ1n) is 13.1. The van der Waals surface area contributed by atoms with Crippen LogP contribution in [0.2, 0.25) is 0 Å². The molecule has 8 nitrogen and oxygen atoms in total. The van der Waals surface area contributed by atoms with E-state index < -0.39 is 11.2 Å². The molecule has 0 aliphatic carbocycles. The molecule has 0 aliphatic rings. The lowest BCUT2D eigenvalue weighted by molar-refractivity contribution is -0.293. The zero-order valence-electron chi connectivity index (χ0n) is 24.9. The Balaban J connectivity index is 3.26. The van der Waals surface area contributed by atoms with Gasteiger partial charge in [0, 0.05) is 62.4 Å². The van der Waals surface area contributed by atoms with Gasteiger partial charge in [-0.3, -0.25) is 9.59 Å². The Morgan fingerprint density at radius 1 is 0.556 bits per heavy atom. The van der Waals surface area contributed by atoms with Crippen molar-refractivity contribution in [2.24, 2.45) is 0 Å². The Morgan fingerprint density at radius 3 is 1.67 bits per heavy atom. The lowest BCUT2D eigenvalue weighted by Crippen LogP contribution is -2.11. The predicted octanol–water partition coefficient (Wildman–Crippen LogP) is 6.80. The first kappa shape index (κ1) is 48.8. The van der Waals surface area contributed by atoms with Gasteiger partial charge in [0.05, 0.1) is 31.3 Å². The minimum absolute atomic E-state index is 0.0310. The molecule has 0 aromatic carbocycles. The van der Waals surface area contributed by atoms with Gasteiger partial charge in [-0.2, -0.15) is 0 Å². The number of ether oxygens (including phenoxy) is 1. The Labute approximate surface area is 328 Å². The van der Waals surface area contributed by atoms with E-state index in [1.165, 1.54) is 23.5 Å². The third kappa shape index (κ3) is 42.1. The molecule has 0 aliphatic heterocycles. The molecule has 1 unspecified atom stereocenters. The van der Waals surface area contributed by atoms with Gasteiger partial charge >= 0.3 is 5.97 Å². The van der Waals surface area contributed by atoms with Crippen LogP contribution in [0.3, 0.4) is 0 Å². The fraction of sp³-hybridized carbons (Fsp3) is 0.913. The first-order valence-corrected chi connectivity index (χ1v) is 29.5. The highest BCUT2D eigenvalue weighted by molar-refractivity contribution is 8.31. The Hall–Kier alpha value is 3.84. The monoisotopic (exact) mass is 896 g/mol. The molecule has 2 N–H and O–H groups in total. The van der Waals surface area contributed by atoms with Gasteiger partial charge in [0.25, 0.3) is 0 Å². The van der Waals surface area contributed by atoms with Crippen molar-refractivity contribution in [3.63, 3.8) is 0 Å². The van der Waals surface area contributed by atoms with E-state index in [1.807, 2.05) is 70.6 Å². The van der Waals surface area contributed by atoms with Gasteiger partial charge in [-0.1, -0.05) is 23.5 Å². The average molecular weight is 898 g/mol. The first-order chi connectivity index (χ1) is 22.1. The van der Waals surface area contributed by atoms with Crippen molar-refractivity contribution in [1.82, 2.24) is 0 Å². The quantitative estimate of drug-likeness (QED) is 0.0169. The second-order valence-electron chi connectivity index (χ2n) is 7.41. The zero-order valence-corrected chi connectivity index (χ0v) is 36.3. The molecular weight excluding hydrogens is 853 g/mol. The molecule has 0 bridgehead atoms.